The third kappa shape index (κ3) is 11.7. The van der Waals surface area contributed by atoms with Crippen molar-refractivity contribution in [3.8, 4) is 0 Å². The van der Waals surface area contributed by atoms with Gasteiger partial charge in [0.15, 0.2) is 5.96 Å². The van der Waals surface area contributed by atoms with Crippen LogP contribution in [0, 0.1) is 0 Å². The minimum atomic E-state index is 0.777. The molecule has 0 fully saturated rings. The predicted octanol–water partition coefficient (Wildman–Crippen LogP) is 1.39. The zero-order valence-corrected chi connectivity index (χ0v) is 12.1. The molecular formula is C13H29N3O2. The van der Waals surface area contributed by atoms with E-state index in [1.165, 1.54) is 0 Å². The topological polar surface area (TPSA) is 54.9 Å². The second kappa shape index (κ2) is 14.3. The summed E-state index contributed by atoms with van der Waals surface area (Å²) in [6.07, 6.45) is 1.96. The first-order chi connectivity index (χ1) is 8.85. The number of ether oxygens (including phenoxy) is 2. The maximum Gasteiger partial charge on any atom is 0.191 e. The number of guanidine groups is 1. The molecule has 0 heterocycles. The molecule has 0 radical (unpaired) electrons. The first-order valence-corrected chi connectivity index (χ1v) is 7.02. The molecule has 0 atom stereocenters. The fourth-order valence-electron chi connectivity index (χ4n) is 1.37. The first kappa shape index (κ1) is 17.2. The summed E-state index contributed by atoms with van der Waals surface area (Å²) < 4.78 is 10.6. The van der Waals surface area contributed by atoms with E-state index in [4.69, 9.17) is 9.47 Å². The van der Waals surface area contributed by atoms with Crippen LogP contribution in [0.4, 0.5) is 0 Å². The van der Waals surface area contributed by atoms with E-state index < -0.39 is 0 Å². The maximum absolute atomic E-state index is 5.28. The summed E-state index contributed by atoms with van der Waals surface area (Å²) in [5.41, 5.74) is 0. The molecule has 0 aliphatic rings. The van der Waals surface area contributed by atoms with Crippen LogP contribution in [0.1, 0.15) is 33.6 Å². The monoisotopic (exact) mass is 259 g/mol. The van der Waals surface area contributed by atoms with Gasteiger partial charge in [-0.2, -0.15) is 0 Å². The van der Waals surface area contributed by atoms with Gasteiger partial charge in [0.1, 0.15) is 0 Å². The molecule has 0 aromatic carbocycles. The summed E-state index contributed by atoms with van der Waals surface area (Å²) in [7, 11) is 0. The van der Waals surface area contributed by atoms with Gasteiger partial charge >= 0.3 is 0 Å². The molecule has 0 unspecified atom stereocenters. The smallest absolute Gasteiger partial charge is 0.191 e. The van der Waals surface area contributed by atoms with Crippen molar-refractivity contribution in [2.45, 2.75) is 33.6 Å². The minimum absolute atomic E-state index is 0.777. The Kier molecular flexibility index (Phi) is 13.6. The summed E-state index contributed by atoms with van der Waals surface area (Å²) >= 11 is 0. The van der Waals surface area contributed by atoms with Gasteiger partial charge in [-0.15, -0.1) is 0 Å². The van der Waals surface area contributed by atoms with Crippen LogP contribution in [-0.4, -0.2) is 52.0 Å². The maximum atomic E-state index is 5.28. The lowest BCUT2D eigenvalue weighted by Gasteiger charge is -2.11. The average Bonchev–Trinajstić information content (AvgIpc) is 2.38. The fraction of sp³-hybridized carbons (Fsp3) is 0.923. The number of nitrogens with one attached hydrogen (secondary N) is 2. The minimum Gasteiger partial charge on any atom is -0.382 e. The normalized spacial score (nSPS) is 11.6. The van der Waals surface area contributed by atoms with Crippen LogP contribution < -0.4 is 10.6 Å². The van der Waals surface area contributed by atoms with Crippen molar-refractivity contribution in [3.63, 3.8) is 0 Å². The van der Waals surface area contributed by atoms with Gasteiger partial charge < -0.3 is 20.1 Å². The van der Waals surface area contributed by atoms with E-state index in [2.05, 4.69) is 22.5 Å². The lowest BCUT2D eigenvalue weighted by Crippen LogP contribution is -2.38. The van der Waals surface area contributed by atoms with Gasteiger partial charge in [0.25, 0.3) is 0 Å². The molecule has 0 spiro atoms. The van der Waals surface area contributed by atoms with Crippen molar-refractivity contribution >= 4 is 5.96 Å². The zero-order valence-electron chi connectivity index (χ0n) is 12.1. The van der Waals surface area contributed by atoms with Crippen LogP contribution in [0.15, 0.2) is 4.99 Å². The quantitative estimate of drug-likeness (QED) is 0.334. The van der Waals surface area contributed by atoms with E-state index in [0.717, 1.165) is 64.9 Å². The van der Waals surface area contributed by atoms with Gasteiger partial charge in [-0.1, -0.05) is 0 Å². The number of aliphatic imine (C=N–C) groups is 1. The largest absolute Gasteiger partial charge is 0.382 e. The molecule has 0 amide bonds. The Hall–Kier alpha value is -0.810. The van der Waals surface area contributed by atoms with E-state index in [9.17, 15) is 0 Å². The van der Waals surface area contributed by atoms with Crippen LogP contribution in [-0.2, 0) is 9.47 Å². The highest BCUT2D eigenvalue weighted by Crippen LogP contribution is 1.85. The Morgan fingerprint density at radius 2 is 1.61 bits per heavy atom. The van der Waals surface area contributed by atoms with Crippen LogP contribution in [0.5, 0.6) is 0 Å². The molecule has 108 valence electrons. The highest BCUT2D eigenvalue weighted by atomic mass is 16.5. The first-order valence-electron chi connectivity index (χ1n) is 7.02. The molecule has 0 aromatic rings. The second-order valence-electron chi connectivity index (χ2n) is 3.79. The van der Waals surface area contributed by atoms with E-state index >= 15 is 0 Å². The molecule has 0 saturated carbocycles. The van der Waals surface area contributed by atoms with Crippen LogP contribution >= 0.6 is 0 Å². The van der Waals surface area contributed by atoms with Crippen LogP contribution in [0.3, 0.4) is 0 Å². The summed E-state index contributed by atoms with van der Waals surface area (Å²) in [6.45, 7) is 11.8. The van der Waals surface area contributed by atoms with E-state index in [1.807, 2.05) is 13.8 Å². The van der Waals surface area contributed by atoms with Crippen molar-refractivity contribution in [1.29, 1.82) is 0 Å². The van der Waals surface area contributed by atoms with Gasteiger partial charge in [0.05, 0.1) is 0 Å². The van der Waals surface area contributed by atoms with Crippen molar-refractivity contribution in [1.82, 2.24) is 10.6 Å². The highest BCUT2D eigenvalue weighted by molar-refractivity contribution is 5.79. The molecule has 0 aliphatic carbocycles. The molecule has 5 heteroatoms. The third-order valence-corrected chi connectivity index (χ3v) is 2.23. The number of nitrogens with zero attached hydrogens (tertiary/aromatic N) is 1. The van der Waals surface area contributed by atoms with Crippen LogP contribution in [0.25, 0.3) is 0 Å². The summed E-state index contributed by atoms with van der Waals surface area (Å²) in [4.78, 5) is 4.48. The van der Waals surface area contributed by atoms with Crippen molar-refractivity contribution < 1.29 is 9.47 Å². The Morgan fingerprint density at radius 3 is 2.22 bits per heavy atom. The number of hydrogen-bond donors (Lipinski definition) is 2. The molecule has 2 N–H and O–H groups in total. The Labute approximate surface area is 111 Å². The summed E-state index contributed by atoms with van der Waals surface area (Å²) in [6, 6.07) is 0. The molecule has 0 bridgehead atoms. The van der Waals surface area contributed by atoms with Crippen molar-refractivity contribution in [2.24, 2.45) is 4.99 Å². The number of rotatable bonds is 11. The predicted molar refractivity (Wildman–Crippen MR) is 76.2 cm³/mol. The zero-order chi connectivity index (χ0) is 13.5. The van der Waals surface area contributed by atoms with Crippen molar-refractivity contribution in [2.75, 3.05) is 46.1 Å². The van der Waals surface area contributed by atoms with Gasteiger partial charge in [-0.3, -0.25) is 4.99 Å². The molecule has 0 aromatic heterocycles. The highest BCUT2D eigenvalue weighted by Gasteiger charge is 1.96. The SMILES string of the molecule is CCNC(=NCCCOCC)NCCCOCC. The van der Waals surface area contributed by atoms with Gasteiger partial charge in [0, 0.05) is 46.1 Å². The lowest BCUT2D eigenvalue weighted by molar-refractivity contribution is 0.145. The average molecular weight is 259 g/mol. The van der Waals surface area contributed by atoms with Crippen molar-refractivity contribution in [3.05, 3.63) is 0 Å². The summed E-state index contributed by atoms with van der Waals surface area (Å²) in [5.74, 6) is 0.880. The standard InChI is InChI=1S/C13H29N3O2/c1-4-14-13(15-9-7-11-17-5-2)16-10-8-12-18-6-3/h4-12H2,1-3H3,(H2,14,15,16). The fourth-order valence-corrected chi connectivity index (χ4v) is 1.37. The molecule has 0 rings (SSSR count). The Bertz CT molecular complexity index is 199. The number of hydrogen-bond acceptors (Lipinski definition) is 3. The molecule has 5 nitrogen and oxygen atoms in total. The molecule has 18 heavy (non-hydrogen) atoms. The molecule has 0 aliphatic heterocycles. The van der Waals surface area contributed by atoms with Gasteiger partial charge in [-0.25, -0.2) is 0 Å². The van der Waals surface area contributed by atoms with E-state index in [0.29, 0.717) is 0 Å². The Balaban J connectivity index is 3.65. The Morgan fingerprint density at radius 1 is 0.944 bits per heavy atom. The van der Waals surface area contributed by atoms with E-state index in [-0.39, 0.29) is 0 Å². The summed E-state index contributed by atoms with van der Waals surface area (Å²) in [5, 5.41) is 6.51. The molecule has 0 saturated heterocycles. The lowest BCUT2D eigenvalue weighted by atomic mass is 10.4. The molecular weight excluding hydrogens is 230 g/mol. The van der Waals surface area contributed by atoms with Crippen LogP contribution in [0.2, 0.25) is 0 Å². The second-order valence-corrected chi connectivity index (χ2v) is 3.79. The van der Waals surface area contributed by atoms with E-state index in [1.54, 1.807) is 0 Å². The third-order valence-electron chi connectivity index (χ3n) is 2.23. The van der Waals surface area contributed by atoms with Gasteiger partial charge in [-0.05, 0) is 33.6 Å². The van der Waals surface area contributed by atoms with Gasteiger partial charge in [0.2, 0.25) is 0 Å².